The van der Waals surface area contributed by atoms with Crippen LogP contribution in [0.1, 0.15) is 44.8 Å². The minimum atomic E-state index is -0.843. The van der Waals surface area contributed by atoms with Crippen molar-refractivity contribution in [3.05, 3.63) is 20.8 Å². The number of unbranched alkanes of at least 4 members (excludes halogenated alkanes) is 1. The lowest BCUT2D eigenvalue weighted by Crippen LogP contribution is -2.51. The van der Waals surface area contributed by atoms with Gasteiger partial charge in [0.2, 0.25) is 17.8 Å². The molecule has 1 unspecified atom stereocenters. The minimum Gasteiger partial charge on any atom is -0.279 e. The average Bonchev–Trinajstić information content (AvgIpc) is 2.98. The van der Waals surface area contributed by atoms with E-state index in [2.05, 4.69) is 4.98 Å². The summed E-state index contributed by atoms with van der Waals surface area (Å²) >= 11 is 0. The number of aryl methyl sites for hydroxylation is 1. The molecule has 1 aliphatic heterocycles. The number of amides is 1. The fourth-order valence-electron chi connectivity index (χ4n) is 3.42. The molecule has 0 aromatic carbocycles. The molecule has 0 saturated heterocycles. The summed E-state index contributed by atoms with van der Waals surface area (Å²) < 4.78 is 3.39. The van der Waals surface area contributed by atoms with E-state index in [0.717, 1.165) is 17.4 Å². The third kappa shape index (κ3) is 2.33. The zero-order chi connectivity index (χ0) is 19.3. The Hall–Kier alpha value is -2.71. The Labute approximate surface area is 149 Å². The number of hydrogen-bond acceptors (Lipinski definition) is 5. The van der Waals surface area contributed by atoms with E-state index in [4.69, 9.17) is 0 Å². The molecular formula is C17H23N5O4. The number of anilines is 1. The van der Waals surface area contributed by atoms with Crippen LogP contribution in [0.25, 0.3) is 11.2 Å². The molecule has 0 aliphatic carbocycles. The van der Waals surface area contributed by atoms with Gasteiger partial charge < -0.3 is 0 Å². The summed E-state index contributed by atoms with van der Waals surface area (Å²) in [4.78, 5) is 56.7. The molecule has 1 aliphatic rings. The third-order valence-corrected chi connectivity index (χ3v) is 4.87. The molecule has 1 amide bonds. The SMILES string of the molecule is CCCCC1C(=O)N(C(C)C)c2nc3c(c(=O)n(C)c(=O)n3C)n2C1=O. The van der Waals surface area contributed by atoms with Gasteiger partial charge in [0.05, 0.1) is 0 Å². The van der Waals surface area contributed by atoms with E-state index in [-0.39, 0.29) is 29.1 Å². The lowest BCUT2D eigenvalue weighted by atomic mass is 9.97. The van der Waals surface area contributed by atoms with Crippen molar-refractivity contribution in [2.24, 2.45) is 20.0 Å². The smallest absolute Gasteiger partial charge is 0.279 e. The molecule has 0 radical (unpaired) electrons. The summed E-state index contributed by atoms with van der Waals surface area (Å²) in [5.74, 6) is -1.49. The van der Waals surface area contributed by atoms with Gasteiger partial charge in [-0.05, 0) is 20.3 Å². The first kappa shape index (κ1) is 18.1. The van der Waals surface area contributed by atoms with E-state index >= 15 is 0 Å². The summed E-state index contributed by atoms with van der Waals surface area (Å²) in [5.41, 5.74) is -0.983. The molecule has 0 fully saturated rings. The second-order valence-electron chi connectivity index (χ2n) is 6.96. The van der Waals surface area contributed by atoms with Crippen molar-refractivity contribution in [3.63, 3.8) is 0 Å². The van der Waals surface area contributed by atoms with Crippen LogP contribution in [-0.2, 0) is 18.9 Å². The highest BCUT2D eigenvalue weighted by molar-refractivity contribution is 6.15. The minimum absolute atomic E-state index is 0.0363. The van der Waals surface area contributed by atoms with Gasteiger partial charge in [-0.2, -0.15) is 4.98 Å². The molecule has 140 valence electrons. The summed E-state index contributed by atoms with van der Waals surface area (Å²) in [6, 6.07) is -0.240. The zero-order valence-electron chi connectivity index (χ0n) is 15.6. The summed E-state index contributed by atoms with van der Waals surface area (Å²) in [5, 5.41) is 0. The van der Waals surface area contributed by atoms with Gasteiger partial charge in [-0.1, -0.05) is 19.8 Å². The Morgan fingerprint density at radius 2 is 1.69 bits per heavy atom. The summed E-state index contributed by atoms with van der Waals surface area (Å²) in [6.07, 6.45) is 2.00. The van der Waals surface area contributed by atoms with Crippen molar-refractivity contribution < 1.29 is 9.59 Å². The van der Waals surface area contributed by atoms with E-state index in [1.807, 2.05) is 20.8 Å². The molecule has 3 rings (SSSR count). The van der Waals surface area contributed by atoms with E-state index in [1.54, 1.807) is 0 Å². The van der Waals surface area contributed by atoms with Gasteiger partial charge in [0.15, 0.2) is 11.2 Å². The normalized spacial score (nSPS) is 17.5. The van der Waals surface area contributed by atoms with E-state index in [1.165, 1.54) is 28.1 Å². The Morgan fingerprint density at radius 3 is 2.27 bits per heavy atom. The predicted octanol–water partition coefficient (Wildman–Crippen LogP) is 0.635. The molecule has 2 aromatic rings. The van der Waals surface area contributed by atoms with Crippen LogP contribution in [-0.4, -0.2) is 36.5 Å². The molecule has 0 N–H and O–H groups in total. The van der Waals surface area contributed by atoms with E-state index in [9.17, 15) is 19.2 Å². The van der Waals surface area contributed by atoms with Crippen molar-refractivity contribution in [1.82, 2.24) is 18.7 Å². The molecule has 9 nitrogen and oxygen atoms in total. The Bertz CT molecular complexity index is 1030. The summed E-state index contributed by atoms with van der Waals surface area (Å²) in [7, 11) is 2.85. The lowest BCUT2D eigenvalue weighted by Gasteiger charge is -2.33. The highest BCUT2D eigenvalue weighted by atomic mass is 16.2. The molecule has 9 heteroatoms. The Morgan fingerprint density at radius 1 is 1.04 bits per heavy atom. The topological polar surface area (TPSA) is 99.2 Å². The largest absolute Gasteiger partial charge is 0.332 e. The van der Waals surface area contributed by atoms with Gasteiger partial charge >= 0.3 is 5.69 Å². The first-order chi connectivity index (χ1) is 12.2. The van der Waals surface area contributed by atoms with Gasteiger partial charge in [0.25, 0.3) is 5.56 Å². The van der Waals surface area contributed by atoms with Crippen LogP contribution in [0.5, 0.6) is 0 Å². The van der Waals surface area contributed by atoms with Crippen LogP contribution < -0.4 is 16.1 Å². The van der Waals surface area contributed by atoms with Crippen molar-refractivity contribution >= 4 is 28.9 Å². The zero-order valence-corrected chi connectivity index (χ0v) is 15.6. The lowest BCUT2D eigenvalue weighted by molar-refractivity contribution is -0.122. The number of aromatic nitrogens is 4. The molecule has 26 heavy (non-hydrogen) atoms. The fourth-order valence-corrected chi connectivity index (χ4v) is 3.42. The maximum atomic E-state index is 13.1. The standard InChI is InChI=1S/C17H23N5O4/c1-6-7-8-10-13(23)21(9(2)3)16-18-12-11(22(16)14(10)24)15(25)20(5)17(26)19(12)4/h9-10H,6-8H2,1-5H3. The van der Waals surface area contributed by atoms with Crippen molar-refractivity contribution in [3.8, 4) is 0 Å². The van der Waals surface area contributed by atoms with E-state index in [0.29, 0.717) is 6.42 Å². The number of hydrogen-bond donors (Lipinski definition) is 0. The fraction of sp³-hybridized carbons (Fsp3) is 0.588. The molecule has 3 heterocycles. The van der Waals surface area contributed by atoms with Crippen LogP contribution in [0.4, 0.5) is 5.95 Å². The monoisotopic (exact) mass is 361 g/mol. The number of carbonyl (C=O) groups excluding carboxylic acids is 2. The molecule has 2 aromatic heterocycles. The number of rotatable bonds is 4. The Balaban J connectivity index is 2.39. The quantitative estimate of drug-likeness (QED) is 0.744. The second kappa shape index (κ2) is 6.22. The number of carbonyl (C=O) groups is 2. The number of nitrogens with zero attached hydrogens (tertiary/aromatic N) is 5. The molecule has 0 bridgehead atoms. The van der Waals surface area contributed by atoms with Gasteiger partial charge in [-0.15, -0.1) is 0 Å². The van der Waals surface area contributed by atoms with Crippen molar-refractivity contribution in [1.29, 1.82) is 0 Å². The first-order valence-corrected chi connectivity index (χ1v) is 8.78. The van der Waals surface area contributed by atoms with Crippen LogP contribution in [0.15, 0.2) is 9.59 Å². The van der Waals surface area contributed by atoms with Gasteiger partial charge in [0.1, 0.15) is 5.92 Å². The van der Waals surface area contributed by atoms with Gasteiger partial charge in [0, 0.05) is 20.1 Å². The molecule has 1 atom stereocenters. The van der Waals surface area contributed by atoms with Crippen LogP contribution in [0.3, 0.4) is 0 Å². The van der Waals surface area contributed by atoms with Crippen molar-refractivity contribution in [2.75, 3.05) is 4.90 Å². The third-order valence-electron chi connectivity index (χ3n) is 4.87. The van der Waals surface area contributed by atoms with Crippen molar-refractivity contribution in [2.45, 2.75) is 46.1 Å². The molecule has 0 saturated carbocycles. The van der Waals surface area contributed by atoms with Crippen LogP contribution in [0.2, 0.25) is 0 Å². The van der Waals surface area contributed by atoms with Crippen LogP contribution in [0, 0.1) is 5.92 Å². The maximum Gasteiger partial charge on any atom is 0.332 e. The van der Waals surface area contributed by atoms with Gasteiger partial charge in [-0.25, -0.2) is 9.36 Å². The summed E-state index contributed by atoms with van der Waals surface area (Å²) in [6.45, 7) is 5.64. The highest BCUT2D eigenvalue weighted by Gasteiger charge is 2.43. The highest BCUT2D eigenvalue weighted by Crippen LogP contribution is 2.31. The average molecular weight is 361 g/mol. The molecule has 0 spiro atoms. The van der Waals surface area contributed by atoms with E-state index < -0.39 is 23.1 Å². The Kier molecular flexibility index (Phi) is 4.33. The second-order valence-corrected chi connectivity index (χ2v) is 6.96. The number of fused-ring (bicyclic) bond motifs is 3. The maximum absolute atomic E-state index is 13.1. The molecular weight excluding hydrogens is 338 g/mol. The predicted molar refractivity (Wildman–Crippen MR) is 96.5 cm³/mol. The van der Waals surface area contributed by atoms with Gasteiger partial charge in [-0.3, -0.25) is 28.4 Å². The first-order valence-electron chi connectivity index (χ1n) is 8.78. The number of imidazole rings is 1. The van der Waals surface area contributed by atoms with Crippen LogP contribution >= 0.6 is 0 Å².